The standard InChI is InChI=1S/C31H35N5O7S2/c1-40-30(37)24-8-6-23(7-9-24)22-43-29-5-3-2-4-25(29)21-32-34-31(44)33-27-20-26(45(38,39)36-14-18-42-19-15-36)10-11-28(27)35-12-16-41-17-13-35/h2-11,20-21H,12-19,22H2,1H3,(H2,33,34,44)/b32-21+. The highest BCUT2D eigenvalue weighted by Gasteiger charge is 2.28. The van der Waals surface area contributed by atoms with Crippen LogP contribution in [0.1, 0.15) is 21.5 Å². The maximum absolute atomic E-state index is 13.4. The van der Waals surface area contributed by atoms with Crippen molar-refractivity contribution in [3.63, 3.8) is 0 Å². The first kappa shape index (κ1) is 32.3. The maximum Gasteiger partial charge on any atom is 0.337 e. The number of rotatable bonds is 10. The zero-order chi connectivity index (χ0) is 31.6. The molecule has 0 spiro atoms. The van der Waals surface area contributed by atoms with E-state index in [1.165, 1.54) is 11.4 Å². The first-order chi connectivity index (χ1) is 21.8. The van der Waals surface area contributed by atoms with Crippen molar-refractivity contribution in [1.29, 1.82) is 0 Å². The van der Waals surface area contributed by atoms with E-state index in [4.69, 9.17) is 31.2 Å². The Bertz CT molecular complexity index is 1620. The predicted molar refractivity (Wildman–Crippen MR) is 175 cm³/mol. The van der Waals surface area contributed by atoms with Crippen LogP contribution in [-0.2, 0) is 30.8 Å². The SMILES string of the molecule is COC(=O)c1ccc(COc2ccccc2/C=N/NC(=S)Nc2cc(S(=O)(=O)N3CCOCC3)ccc2N2CCOCC2)cc1. The first-order valence-corrected chi connectivity index (χ1v) is 16.2. The van der Waals surface area contributed by atoms with Crippen molar-refractivity contribution in [1.82, 2.24) is 9.73 Å². The summed E-state index contributed by atoms with van der Waals surface area (Å²) in [6.45, 7) is 4.08. The number of sulfonamides is 1. The van der Waals surface area contributed by atoms with Gasteiger partial charge in [0.2, 0.25) is 10.0 Å². The Hall–Kier alpha value is -4.08. The first-order valence-electron chi connectivity index (χ1n) is 14.4. The fourth-order valence-corrected chi connectivity index (χ4v) is 6.43. The molecule has 0 saturated carbocycles. The molecule has 0 amide bonds. The van der Waals surface area contributed by atoms with Crippen molar-refractivity contribution < 1.29 is 32.2 Å². The van der Waals surface area contributed by atoms with Crippen LogP contribution in [0.15, 0.2) is 76.7 Å². The topological polar surface area (TPSA) is 131 Å². The molecule has 0 radical (unpaired) electrons. The number of hydrogen-bond acceptors (Lipinski definition) is 10. The van der Waals surface area contributed by atoms with Crippen LogP contribution >= 0.6 is 12.2 Å². The third kappa shape index (κ3) is 8.35. The van der Waals surface area contributed by atoms with E-state index in [2.05, 4.69) is 20.7 Å². The van der Waals surface area contributed by atoms with E-state index in [1.807, 2.05) is 24.3 Å². The lowest BCUT2D eigenvalue weighted by molar-refractivity contribution is 0.0600. The van der Waals surface area contributed by atoms with Crippen molar-refractivity contribution in [3.05, 3.63) is 83.4 Å². The van der Waals surface area contributed by atoms with Gasteiger partial charge in [0, 0.05) is 31.7 Å². The highest BCUT2D eigenvalue weighted by Crippen LogP contribution is 2.31. The zero-order valence-electron chi connectivity index (χ0n) is 24.8. The zero-order valence-corrected chi connectivity index (χ0v) is 26.4. The molecule has 0 aliphatic carbocycles. The van der Waals surface area contributed by atoms with Gasteiger partial charge in [0.1, 0.15) is 12.4 Å². The molecule has 0 bridgehead atoms. The lowest BCUT2D eigenvalue weighted by atomic mass is 10.1. The highest BCUT2D eigenvalue weighted by molar-refractivity contribution is 7.89. The Labute approximate surface area is 267 Å². The van der Waals surface area contributed by atoms with Gasteiger partial charge in [-0.05, 0) is 60.2 Å². The average molecular weight is 654 g/mol. The highest BCUT2D eigenvalue weighted by atomic mass is 32.2. The van der Waals surface area contributed by atoms with E-state index >= 15 is 0 Å². The molecule has 0 unspecified atom stereocenters. The summed E-state index contributed by atoms with van der Waals surface area (Å²) < 4.78 is 49.8. The second kappa shape index (κ2) is 15.3. The Morgan fingerprint density at radius 3 is 2.38 bits per heavy atom. The molecule has 12 nitrogen and oxygen atoms in total. The Morgan fingerprint density at radius 2 is 1.67 bits per heavy atom. The molecule has 2 aliphatic rings. The molecule has 238 valence electrons. The molecule has 3 aromatic carbocycles. The van der Waals surface area contributed by atoms with Crippen LogP contribution < -0.4 is 20.4 Å². The van der Waals surface area contributed by atoms with Crippen molar-refractivity contribution >= 4 is 50.9 Å². The number of carbonyl (C=O) groups is 1. The number of hydrazone groups is 1. The molecular formula is C31H35N5O7S2. The second-order valence-electron chi connectivity index (χ2n) is 10.1. The Balaban J connectivity index is 1.26. The largest absolute Gasteiger partial charge is 0.488 e. The van der Waals surface area contributed by atoms with Gasteiger partial charge < -0.3 is 29.2 Å². The number of carbonyl (C=O) groups excluding carboxylic acids is 1. The van der Waals surface area contributed by atoms with Crippen LogP contribution in [0.2, 0.25) is 0 Å². The van der Waals surface area contributed by atoms with Crippen LogP contribution in [0.4, 0.5) is 11.4 Å². The van der Waals surface area contributed by atoms with Gasteiger partial charge in [-0.25, -0.2) is 13.2 Å². The summed E-state index contributed by atoms with van der Waals surface area (Å²) in [7, 11) is -2.37. The van der Waals surface area contributed by atoms with Gasteiger partial charge in [0.25, 0.3) is 0 Å². The van der Waals surface area contributed by atoms with E-state index in [9.17, 15) is 13.2 Å². The van der Waals surface area contributed by atoms with Crippen LogP contribution in [-0.4, -0.2) is 89.7 Å². The summed E-state index contributed by atoms with van der Waals surface area (Å²) in [6, 6.07) is 19.4. The summed E-state index contributed by atoms with van der Waals surface area (Å²) in [5, 5.41) is 7.62. The van der Waals surface area contributed by atoms with Crippen molar-refractivity contribution in [3.8, 4) is 5.75 Å². The number of anilines is 2. The van der Waals surface area contributed by atoms with Crippen molar-refractivity contribution in [2.75, 3.05) is 69.9 Å². The number of thiocarbonyl (C=S) groups is 1. The van der Waals surface area contributed by atoms with E-state index < -0.39 is 16.0 Å². The van der Waals surface area contributed by atoms with Gasteiger partial charge in [-0.2, -0.15) is 9.41 Å². The Morgan fingerprint density at radius 1 is 0.978 bits per heavy atom. The van der Waals surface area contributed by atoms with Gasteiger partial charge in [-0.15, -0.1) is 0 Å². The van der Waals surface area contributed by atoms with Crippen molar-refractivity contribution in [2.45, 2.75) is 11.5 Å². The number of methoxy groups -OCH3 is 1. The fraction of sp³-hybridized carbons (Fsp3) is 0.323. The van der Waals surface area contributed by atoms with Gasteiger partial charge in [-0.1, -0.05) is 24.3 Å². The maximum atomic E-state index is 13.4. The Kier molecular flexibility index (Phi) is 11.0. The number of morpholine rings is 2. The van der Waals surface area contributed by atoms with Gasteiger partial charge in [0.05, 0.1) is 61.6 Å². The molecule has 2 saturated heterocycles. The average Bonchev–Trinajstić information content (AvgIpc) is 3.08. The molecule has 5 rings (SSSR count). The van der Waals surface area contributed by atoms with Crippen LogP contribution in [0.3, 0.4) is 0 Å². The lowest BCUT2D eigenvalue weighted by Gasteiger charge is -2.31. The number of benzene rings is 3. The molecule has 0 aromatic heterocycles. The van der Waals surface area contributed by atoms with Gasteiger partial charge in [0.15, 0.2) is 5.11 Å². The van der Waals surface area contributed by atoms with E-state index in [1.54, 1.807) is 48.7 Å². The minimum absolute atomic E-state index is 0.168. The third-order valence-electron chi connectivity index (χ3n) is 7.23. The minimum atomic E-state index is -3.72. The van der Waals surface area contributed by atoms with Gasteiger partial charge in [-0.3, -0.25) is 5.43 Å². The summed E-state index contributed by atoms with van der Waals surface area (Å²) in [5.41, 5.74) is 6.24. The molecule has 0 atom stereocenters. The van der Waals surface area contributed by atoms with E-state index in [-0.39, 0.29) is 16.6 Å². The fourth-order valence-electron chi connectivity index (χ4n) is 4.84. The molecule has 14 heteroatoms. The number of esters is 1. The van der Waals surface area contributed by atoms with E-state index in [0.717, 1.165) is 11.3 Å². The number of ether oxygens (including phenoxy) is 4. The smallest absolute Gasteiger partial charge is 0.337 e. The molecule has 2 aliphatic heterocycles. The molecule has 2 fully saturated rings. The predicted octanol–water partition coefficient (Wildman–Crippen LogP) is 3.23. The monoisotopic (exact) mass is 653 g/mol. The summed E-state index contributed by atoms with van der Waals surface area (Å²) in [5.74, 6) is 0.210. The van der Waals surface area contributed by atoms with Crippen LogP contribution in [0.5, 0.6) is 5.75 Å². The van der Waals surface area contributed by atoms with Crippen molar-refractivity contribution in [2.24, 2.45) is 5.10 Å². The number of nitrogens with one attached hydrogen (secondary N) is 2. The summed E-state index contributed by atoms with van der Waals surface area (Å²) in [6.07, 6.45) is 1.59. The third-order valence-corrected chi connectivity index (χ3v) is 9.32. The molecule has 2 heterocycles. The number of hydrogen-bond donors (Lipinski definition) is 2. The van der Waals surface area contributed by atoms with E-state index in [0.29, 0.717) is 75.2 Å². The molecule has 3 aromatic rings. The number of para-hydroxylation sites is 1. The minimum Gasteiger partial charge on any atom is -0.488 e. The summed E-state index contributed by atoms with van der Waals surface area (Å²) in [4.78, 5) is 14.0. The number of nitrogens with zero attached hydrogens (tertiary/aromatic N) is 3. The molecular weight excluding hydrogens is 619 g/mol. The summed E-state index contributed by atoms with van der Waals surface area (Å²) >= 11 is 5.54. The van der Waals surface area contributed by atoms with Crippen LogP contribution in [0, 0.1) is 0 Å². The van der Waals surface area contributed by atoms with Crippen LogP contribution in [0.25, 0.3) is 0 Å². The van der Waals surface area contributed by atoms with Gasteiger partial charge >= 0.3 is 5.97 Å². The molecule has 2 N–H and O–H groups in total. The normalized spacial score (nSPS) is 15.9. The molecule has 45 heavy (non-hydrogen) atoms. The second-order valence-corrected chi connectivity index (χ2v) is 12.5. The quantitative estimate of drug-likeness (QED) is 0.145. The lowest BCUT2D eigenvalue weighted by Crippen LogP contribution is -2.40.